The molecule has 0 spiro atoms. The van der Waals surface area contributed by atoms with E-state index in [2.05, 4.69) is 15.3 Å². The third-order valence-electron chi connectivity index (χ3n) is 2.42. The van der Waals surface area contributed by atoms with Crippen LogP contribution in [0, 0.1) is 12.7 Å². The van der Waals surface area contributed by atoms with Crippen LogP contribution < -0.4 is 11.1 Å². The number of benzene rings is 1. The molecular weight excluding hydrogens is 219 g/mol. The molecule has 0 bridgehead atoms. The third-order valence-corrected chi connectivity index (χ3v) is 2.42. The normalized spacial score (nSPS) is 10.3. The van der Waals surface area contributed by atoms with E-state index in [0.717, 1.165) is 11.3 Å². The van der Waals surface area contributed by atoms with Gasteiger partial charge in [-0.1, -0.05) is 12.1 Å². The summed E-state index contributed by atoms with van der Waals surface area (Å²) in [4.78, 5) is 7.62. The predicted molar refractivity (Wildman–Crippen MR) is 64.3 cm³/mol. The number of aromatic nitrogens is 2. The van der Waals surface area contributed by atoms with Gasteiger partial charge in [0.1, 0.15) is 6.33 Å². The largest absolute Gasteiger partial charge is 0.338 e. The van der Waals surface area contributed by atoms with Crippen LogP contribution in [0.15, 0.2) is 30.6 Å². The van der Waals surface area contributed by atoms with E-state index < -0.39 is 5.82 Å². The average molecular weight is 232 g/mol. The van der Waals surface area contributed by atoms with Crippen molar-refractivity contribution in [3.05, 3.63) is 47.7 Å². The maximum atomic E-state index is 13.6. The van der Waals surface area contributed by atoms with Gasteiger partial charge in [0.15, 0.2) is 11.6 Å². The average Bonchev–Trinajstić information content (AvgIpc) is 2.36. The van der Waals surface area contributed by atoms with Crippen LogP contribution in [0.5, 0.6) is 0 Å². The number of halogens is 1. The Kier molecular flexibility index (Phi) is 3.30. The zero-order valence-electron chi connectivity index (χ0n) is 9.44. The number of hydrogen-bond donors (Lipinski definition) is 2. The van der Waals surface area contributed by atoms with Gasteiger partial charge in [0.25, 0.3) is 0 Å². The van der Waals surface area contributed by atoms with Gasteiger partial charge in [-0.05, 0) is 24.6 Å². The minimum absolute atomic E-state index is 0.179. The summed E-state index contributed by atoms with van der Waals surface area (Å²) >= 11 is 0. The fourth-order valence-corrected chi connectivity index (χ4v) is 1.41. The number of nitrogens with one attached hydrogen (secondary N) is 1. The topological polar surface area (TPSA) is 63.8 Å². The molecule has 17 heavy (non-hydrogen) atoms. The number of hydrogen-bond acceptors (Lipinski definition) is 4. The Balaban J connectivity index is 2.22. The highest BCUT2D eigenvalue weighted by atomic mass is 19.1. The summed E-state index contributed by atoms with van der Waals surface area (Å²) < 4.78 is 13.6. The van der Waals surface area contributed by atoms with Crippen LogP contribution in [-0.4, -0.2) is 9.97 Å². The van der Waals surface area contributed by atoms with Crippen LogP contribution in [0.1, 0.15) is 11.3 Å². The first-order valence-electron chi connectivity index (χ1n) is 5.24. The van der Waals surface area contributed by atoms with E-state index >= 15 is 0 Å². The summed E-state index contributed by atoms with van der Waals surface area (Å²) in [5.74, 6) is -0.256. The Morgan fingerprint density at radius 2 is 1.94 bits per heavy atom. The van der Waals surface area contributed by atoms with Gasteiger partial charge in [-0.2, -0.15) is 0 Å². The minimum Gasteiger partial charge on any atom is -0.338 e. The van der Waals surface area contributed by atoms with E-state index in [1.54, 1.807) is 6.92 Å². The van der Waals surface area contributed by atoms with Crippen molar-refractivity contribution in [1.82, 2.24) is 9.97 Å². The lowest BCUT2D eigenvalue weighted by molar-refractivity contribution is 0.607. The molecular formula is C12H13FN4. The molecule has 2 rings (SSSR count). The summed E-state index contributed by atoms with van der Waals surface area (Å²) in [7, 11) is 0. The van der Waals surface area contributed by atoms with Crippen LogP contribution in [0.2, 0.25) is 0 Å². The molecule has 5 heteroatoms. The van der Waals surface area contributed by atoms with Gasteiger partial charge in [0.2, 0.25) is 0 Å². The highest BCUT2D eigenvalue weighted by molar-refractivity contribution is 5.57. The zero-order chi connectivity index (χ0) is 12.3. The van der Waals surface area contributed by atoms with Gasteiger partial charge in [-0.25, -0.2) is 14.4 Å². The second-order valence-electron chi connectivity index (χ2n) is 3.65. The van der Waals surface area contributed by atoms with Crippen LogP contribution in [0.25, 0.3) is 0 Å². The third kappa shape index (κ3) is 2.57. The smallest absolute Gasteiger partial charge is 0.186 e. The van der Waals surface area contributed by atoms with Crippen molar-refractivity contribution in [2.45, 2.75) is 13.5 Å². The molecule has 0 aliphatic carbocycles. The number of nitrogens with two attached hydrogens (primary N) is 1. The van der Waals surface area contributed by atoms with E-state index in [9.17, 15) is 4.39 Å². The second-order valence-corrected chi connectivity index (χ2v) is 3.65. The maximum Gasteiger partial charge on any atom is 0.186 e. The number of aryl methyl sites for hydroxylation is 1. The molecule has 3 N–H and O–H groups in total. The SMILES string of the molecule is Cc1ncnc(Nc2ccc(CN)cc2)c1F. The van der Waals surface area contributed by atoms with E-state index in [1.807, 2.05) is 24.3 Å². The lowest BCUT2D eigenvalue weighted by Crippen LogP contribution is -2.01. The summed E-state index contributed by atoms with van der Waals surface area (Å²) in [5, 5.41) is 2.90. The number of rotatable bonds is 3. The van der Waals surface area contributed by atoms with E-state index in [-0.39, 0.29) is 5.82 Å². The fraction of sp³-hybridized carbons (Fsp3) is 0.167. The Morgan fingerprint density at radius 3 is 2.59 bits per heavy atom. The Hall–Kier alpha value is -2.01. The zero-order valence-corrected chi connectivity index (χ0v) is 9.44. The molecule has 1 aromatic heterocycles. The monoisotopic (exact) mass is 232 g/mol. The standard InChI is InChI=1S/C12H13FN4/c1-8-11(13)12(16-7-15-8)17-10-4-2-9(6-14)3-5-10/h2-5,7H,6,14H2,1H3,(H,15,16,17). The molecule has 88 valence electrons. The Bertz CT molecular complexity index is 510. The molecule has 1 heterocycles. The van der Waals surface area contributed by atoms with Crippen LogP contribution in [-0.2, 0) is 6.54 Å². The van der Waals surface area contributed by atoms with Gasteiger partial charge in [-0.3, -0.25) is 0 Å². The van der Waals surface area contributed by atoms with Gasteiger partial charge in [0, 0.05) is 12.2 Å². The van der Waals surface area contributed by atoms with Crippen molar-refractivity contribution in [3.8, 4) is 0 Å². The Morgan fingerprint density at radius 1 is 1.24 bits per heavy atom. The minimum atomic E-state index is -0.435. The summed E-state index contributed by atoms with van der Waals surface area (Å²) in [6.07, 6.45) is 1.33. The lowest BCUT2D eigenvalue weighted by atomic mass is 10.2. The molecule has 0 amide bonds. The van der Waals surface area contributed by atoms with Gasteiger partial charge in [0.05, 0.1) is 5.69 Å². The molecule has 0 saturated heterocycles. The van der Waals surface area contributed by atoms with Gasteiger partial charge in [-0.15, -0.1) is 0 Å². The highest BCUT2D eigenvalue weighted by Crippen LogP contribution is 2.18. The van der Waals surface area contributed by atoms with Crippen molar-refractivity contribution in [3.63, 3.8) is 0 Å². The van der Waals surface area contributed by atoms with E-state index in [4.69, 9.17) is 5.73 Å². The first-order chi connectivity index (χ1) is 8.20. The molecule has 0 unspecified atom stereocenters. The predicted octanol–water partition coefficient (Wildman–Crippen LogP) is 2.13. The van der Waals surface area contributed by atoms with Crippen LogP contribution in [0.3, 0.4) is 0 Å². The van der Waals surface area contributed by atoms with Crippen molar-refractivity contribution in [2.75, 3.05) is 5.32 Å². The Labute approximate surface area is 98.7 Å². The fourth-order valence-electron chi connectivity index (χ4n) is 1.41. The summed E-state index contributed by atoms with van der Waals surface area (Å²) in [6, 6.07) is 7.43. The quantitative estimate of drug-likeness (QED) is 0.850. The molecule has 0 saturated carbocycles. The van der Waals surface area contributed by atoms with E-state index in [0.29, 0.717) is 12.2 Å². The summed E-state index contributed by atoms with van der Waals surface area (Å²) in [5.41, 5.74) is 7.60. The maximum absolute atomic E-state index is 13.6. The van der Waals surface area contributed by atoms with Crippen LogP contribution in [0.4, 0.5) is 15.9 Å². The molecule has 1 aromatic carbocycles. The summed E-state index contributed by atoms with van der Waals surface area (Å²) in [6.45, 7) is 2.08. The molecule has 0 aliphatic heterocycles. The highest BCUT2D eigenvalue weighted by Gasteiger charge is 2.07. The van der Waals surface area contributed by atoms with Gasteiger partial charge >= 0.3 is 0 Å². The second kappa shape index (κ2) is 4.88. The van der Waals surface area contributed by atoms with Crippen molar-refractivity contribution in [1.29, 1.82) is 0 Å². The first kappa shape index (κ1) is 11.5. The molecule has 0 atom stereocenters. The number of anilines is 2. The van der Waals surface area contributed by atoms with Crippen molar-refractivity contribution >= 4 is 11.5 Å². The van der Waals surface area contributed by atoms with Crippen LogP contribution >= 0.6 is 0 Å². The van der Waals surface area contributed by atoms with E-state index in [1.165, 1.54) is 6.33 Å². The first-order valence-corrected chi connectivity index (χ1v) is 5.24. The molecule has 0 fully saturated rings. The van der Waals surface area contributed by atoms with Crippen molar-refractivity contribution in [2.24, 2.45) is 5.73 Å². The van der Waals surface area contributed by atoms with Crippen molar-refractivity contribution < 1.29 is 4.39 Å². The van der Waals surface area contributed by atoms with Gasteiger partial charge < -0.3 is 11.1 Å². The number of nitrogens with zero attached hydrogens (tertiary/aromatic N) is 2. The lowest BCUT2D eigenvalue weighted by Gasteiger charge is -2.07. The molecule has 4 nitrogen and oxygen atoms in total. The molecule has 0 radical (unpaired) electrons. The molecule has 2 aromatic rings. The molecule has 0 aliphatic rings.